The van der Waals surface area contributed by atoms with Gasteiger partial charge in [0.2, 0.25) is 17.6 Å². The Morgan fingerprint density at radius 1 is 0.981 bits per heavy atom. The molecule has 10 nitrogen and oxygen atoms in total. The minimum absolute atomic E-state index is 0.0549. The van der Waals surface area contributed by atoms with Gasteiger partial charge in [0, 0.05) is 47.4 Å². The van der Waals surface area contributed by atoms with E-state index >= 15 is 0 Å². The van der Waals surface area contributed by atoms with Crippen LogP contribution >= 0.6 is 11.6 Å². The van der Waals surface area contributed by atoms with Gasteiger partial charge < -0.3 is 35.1 Å². The minimum atomic E-state index is -4.78. The van der Waals surface area contributed by atoms with Crippen LogP contribution in [0.25, 0.3) is 22.4 Å². The number of aliphatic carboxylic acids is 1. The van der Waals surface area contributed by atoms with Gasteiger partial charge in [0.1, 0.15) is 11.7 Å². The van der Waals surface area contributed by atoms with E-state index in [9.17, 15) is 23.1 Å². The Bertz CT molecular complexity index is 1980. The van der Waals surface area contributed by atoms with E-state index in [1.54, 1.807) is 14.0 Å². The molecule has 282 valence electrons. The van der Waals surface area contributed by atoms with Crippen LogP contribution in [-0.4, -0.2) is 58.1 Å². The standard InChI is InChI=1S/C39H42ClF3N4O6/c1-21(15-33(48)49)44-20-23-16-30(39(41,42)43)37(47-36(23)52-4)53-32-14-12-26-25(7-5-8-27(26)32)28-9-6-10-29(34(28)40)31-13-11-22(35(46-31)51-3)19-45-24-17-38(2,50)18-24/h5-11,13,16,21,24,32,44-45,50H,12,14-15,17-20H2,1-4H3,(H,48,49)/t21-,24-,32+,38-/m1/s1. The Kier molecular flexibility index (Phi) is 11.2. The monoisotopic (exact) mass is 754 g/mol. The summed E-state index contributed by atoms with van der Waals surface area (Å²) in [5, 5.41) is 25.9. The molecule has 0 saturated heterocycles. The number of ether oxygens (including phenoxy) is 3. The molecule has 53 heavy (non-hydrogen) atoms. The van der Waals surface area contributed by atoms with Crippen molar-refractivity contribution in [3.8, 4) is 40.0 Å². The summed E-state index contributed by atoms with van der Waals surface area (Å²) in [6.45, 7) is 3.90. The highest BCUT2D eigenvalue weighted by atomic mass is 35.5. The Morgan fingerprint density at radius 2 is 1.66 bits per heavy atom. The minimum Gasteiger partial charge on any atom is -0.481 e. The maximum absolute atomic E-state index is 14.4. The fourth-order valence-electron chi connectivity index (χ4n) is 7.13. The third-order valence-electron chi connectivity index (χ3n) is 9.77. The molecule has 4 N–H and O–H groups in total. The van der Waals surface area contributed by atoms with Crippen LogP contribution in [-0.2, 0) is 30.5 Å². The lowest BCUT2D eigenvalue weighted by molar-refractivity contribution is -0.140. The first-order valence-corrected chi connectivity index (χ1v) is 17.7. The number of halogens is 4. The lowest BCUT2D eigenvalue weighted by Crippen LogP contribution is -2.51. The Morgan fingerprint density at radius 3 is 2.34 bits per heavy atom. The Labute approximate surface area is 310 Å². The molecule has 6 rings (SSSR count). The smallest absolute Gasteiger partial charge is 0.421 e. The van der Waals surface area contributed by atoms with Crippen molar-refractivity contribution < 1.29 is 42.4 Å². The number of carboxylic acid groups (broad SMARTS) is 1. The number of benzene rings is 2. The van der Waals surface area contributed by atoms with Crippen LogP contribution in [0.2, 0.25) is 5.02 Å². The second-order valence-electron chi connectivity index (χ2n) is 13.9. The largest absolute Gasteiger partial charge is 0.481 e. The molecule has 0 bridgehead atoms. The number of rotatable bonds is 14. The summed E-state index contributed by atoms with van der Waals surface area (Å²) < 4.78 is 60.2. The number of methoxy groups -OCH3 is 2. The van der Waals surface area contributed by atoms with E-state index in [1.807, 2.05) is 55.5 Å². The van der Waals surface area contributed by atoms with Gasteiger partial charge in [-0.2, -0.15) is 18.2 Å². The summed E-state index contributed by atoms with van der Waals surface area (Å²) >= 11 is 7.09. The molecule has 2 aromatic carbocycles. The molecular weight excluding hydrogens is 713 g/mol. The van der Waals surface area contributed by atoms with E-state index in [4.69, 9.17) is 35.9 Å². The van der Waals surface area contributed by atoms with Crippen molar-refractivity contribution >= 4 is 17.6 Å². The number of alkyl halides is 3. The van der Waals surface area contributed by atoms with E-state index in [2.05, 4.69) is 15.6 Å². The van der Waals surface area contributed by atoms with Crippen LogP contribution in [0.1, 0.15) is 73.5 Å². The molecule has 2 heterocycles. The van der Waals surface area contributed by atoms with Gasteiger partial charge in [0.25, 0.3) is 0 Å². The lowest BCUT2D eigenvalue weighted by atomic mass is 9.77. The number of aromatic nitrogens is 2. The molecule has 1 fully saturated rings. The highest BCUT2D eigenvalue weighted by Crippen LogP contribution is 2.46. The van der Waals surface area contributed by atoms with Crippen molar-refractivity contribution in [2.45, 2.75) is 89.0 Å². The summed E-state index contributed by atoms with van der Waals surface area (Å²) in [6.07, 6.45) is -3.40. The SMILES string of the molecule is COc1nc(-c2cccc(-c3cccc4c3CC[C@@H]4Oc3nc(OC)c(CN[C@H](C)CC(=O)O)cc3C(F)(F)F)c2Cl)ccc1CN[C@H]1C[C@](C)(O)C1. The van der Waals surface area contributed by atoms with Crippen molar-refractivity contribution in [1.29, 1.82) is 0 Å². The zero-order valence-electron chi connectivity index (χ0n) is 29.8. The molecule has 2 atom stereocenters. The van der Waals surface area contributed by atoms with Crippen molar-refractivity contribution in [3.05, 3.63) is 87.4 Å². The number of aliphatic hydroxyl groups is 1. The molecule has 2 aliphatic carbocycles. The van der Waals surface area contributed by atoms with Crippen LogP contribution in [0.15, 0.2) is 54.6 Å². The first-order chi connectivity index (χ1) is 25.2. The van der Waals surface area contributed by atoms with Crippen molar-refractivity contribution in [3.63, 3.8) is 0 Å². The second kappa shape index (κ2) is 15.5. The number of nitrogens with one attached hydrogen (secondary N) is 2. The molecule has 2 aliphatic rings. The number of nitrogens with zero attached hydrogens (tertiary/aromatic N) is 2. The summed E-state index contributed by atoms with van der Waals surface area (Å²) in [5.41, 5.74) is 3.85. The van der Waals surface area contributed by atoms with Gasteiger partial charge in [-0.05, 0) is 68.4 Å². The van der Waals surface area contributed by atoms with Crippen molar-refractivity contribution in [2.24, 2.45) is 0 Å². The number of pyridine rings is 2. The normalized spacial score (nSPS) is 20.0. The topological polar surface area (TPSA) is 135 Å². The van der Waals surface area contributed by atoms with Gasteiger partial charge in [-0.3, -0.25) is 4.79 Å². The van der Waals surface area contributed by atoms with Crippen LogP contribution in [0, 0.1) is 0 Å². The first-order valence-electron chi connectivity index (χ1n) is 17.3. The number of hydrogen-bond acceptors (Lipinski definition) is 9. The van der Waals surface area contributed by atoms with Gasteiger partial charge in [0.15, 0.2) is 0 Å². The third-order valence-corrected chi connectivity index (χ3v) is 10.2. The molecule has 4 aromatic rings. The van der Waals surface area contributed by atoms with E-state index in [0.29, 0.717) is 54.4 Å². The third kappa shape index (κ3) is 8.54. The highest BCUT2D eigenvalue weighted by Gasteiger charge is 2.39. The Hall–Kier alpha value is -4.43. The van der Waals surface area contributed by atoms with Gasteiger partial charge in [0.05, 0.1) is 37.0 Å². The molecule has 0 spiro atoms. The molecule has 1 saturated carbocycles. The van der Waals surface area contributed by atoms with Gasteiger partial charge in [-0.1, -0.05) is 54.1 Å². The lowest BCUT2D eigenvalue weighted by Gasteiger charge is -2.41. The summed E-state index contributed by atoms with van der Waals surface area (Å²) in [5.74, 6) is -1.22. The number of carboxylic acids is 1. The molecule has 14 heteroatoms. The zero-order valence-corrected chi connectivity index (χ0v) is 30.6. The molecule has 0 amide bonds. The van der Waals surface area contributed by atoms with E-state index in [-0.39, 0.29) is 30.5 Å². The predicted molar refractivity (Wildman–Crippen MR) is 193 cm³/mol. The Balaban J connectivity index is 1.25. The van der Waals surface area contributed by atoms with Crippen LogP contribution in [0.5, 0.6) is 17.6 Å². The fourth-order valence-corrected chi connectivity index (χ4v) is 7.46. The summed E-state index contributed by atoms with van der Waals surface area (Å²) in [7, 11) is 2.87. The summed E-state index contributed by atoms with van der Waals surface area (Å²) in [4.78, 5) is 20.0. The summed E-state index contributed by atoms with van der Waals surface area (Å²) in [6, 6.07) is 15.8. The quantitative estimate of drug-likeness (QED) is 0.102. The van der Waals surface area contributed by atoms with Gasteiger partial charge in [-0.25, -0.2) is 4.98 Å². The number of carbonyl (C=O) groups is 1. The maximum atomic E-state index is 14.4. The predicted octanol–water partition coefficient (Wildman–Crippen LogP) is 7.52. The maximum Gasteiger partial charge on any atom is 0.421 e. The fraction of sp³-hybridized carbons (Fsp3) is 0.410. The van der Waals surface area contributed by atoms with Crippen LogP contribution < -0.4 is 24.8 Å². The van der Waals surface area contributed by atoms with Crippen LogP contribution in [0.3, 0.4) is 0 Å². The van der Waals surface area contributed by atoms with Gasteiger partial charge in [-0.15, -0.1) is 0 Å². The molecular formula is C39H42ClF3N4O6. The molecule has 0 radical (unpaired) electrons. The molecule has 2 aromatic heterocycles. The zero-order chi connectivity index (χ0) is 38.1. The van der Waals surface area contributed by atoms with Crippen molar-refractivity contribution in [1.82, 2.24) is 20.6 Å². The van der Waals surface area contributed by atoms with Crippen molar-refractivity contribution in [2.75, 3.05) is 14.2 Å². The van der Waals surface area contributed by atoms with Crippen LogP contribution in [0.4, 0.5) is 13.2 Å². The first kappa shape index (κ1) is 38.3. The average molecular weight is 755 g/mol. The molecule has 0 aliphatic heterocycles. The van der Waals surface area contributed by atoms with Gasteiger partial charge >= 0.3 is 12.1 Å². The van der Waals surface area contributed by atoms with E-state index < -0.39 is 41.3 Å². The van der Waals surface area contributed by atoms with E-state index in [0.717, 1.165) is 33.9 Å². The number of hydrogen-bond donors (Lipinski definition) is 4. The number of fused-ring (bicyclic) bond motifs is 1. The average Bonchev–Trinajstić information content (AvgIpc) is 3.51. The second-order valence-corrected chi connectivity index (χ2v) is 14.3. The van der Waals surface area contributed by atoms with E-state index in [1.165, 1.54) is 7.11 Å². The highest BCUT2D eigenvalue weighted by molar-refractivity contribution is 6.36. The molecule has 0 unspecified atom stereocenters.